The number of ether oxygens (including phenoxy) is 2. The van der Waals surface area contributed by atoms with Gasteiger partial charge in [-0.05, 0) is 43.8 Å². The molecule has 40 heavy (non-hydrogen) atoms. The van der Waals surface area contributed by atoms with Crippen molar-refractivity contribution in [3.05, 3.63) is 40.3 Å². The summed E-state index contributed by atoms with van der Waals surface area (Å²) in [5.74, 6) is -2.87. The fourth-order valence-corrected chi connectivity index (χ4v) is 7.26. The number of fused-ring (bicyclic) bond motifs is 1. The highest BCUT2D eigenvalue weighted by Gasteiger charge is 2.73. The zero-order valence-corrected chi connectivity index (χ0v) is 24.5. The van der Waals surface area contributed by atoms with Gasteiger partial charge in [-0.25, -0.2) is 4.79 Å². The van der Waals surface area contributed by atoms with Crippen LogP contribution >= 0.6 is 0 Å². The third kappa shape index (κ3) is 3.94. The van der Waals surface area contributed by atoms with Gasteiger partial charge in [0.05, 0.1) is 11.1 Å². The highest BCUT2D eigenvalue weighted by molar-refractivity contribution is 5.95. The molecule has 0 aromatic carbocycles. The summed E-state index contributed by atoms with van der Waals surface area (Å²) < 4.78 is 16.8. The van der Waals surface area contributed by atoms with Crippen LogP contribution in [0.1, 0.15) is 83.6 Å². The van der Waals surface area contributed by atoms with E-state index in [1.165, 1.54) is 13.0 Å². The predicted octanol–water partition coefficient (Wildman–Crippen LogP) is 2.87. The maximum absolute atomic E-state index is 14.6. The van der Waals surface area contributed by atoms with Crippen molar-refractivity contribution in [2.75, 3.05) is 6.61 Å². The van der Waals surface area contributed by atoms with Gasteiger partial charge < -0.3 is 29.3 Å². The van der Waals surface area contributed by atoms with Gasteiger partial charge in [-0.3, -0.25) is 9.59 Å². The first-order valence-electron chi connectivity index (χ1n) is 13.9. The number of hydrogen-bond acceptors (Lipinski definition) is 10. The second-order valence-corrected chi connectivity index (χ2v) is 12.3. The van der Waals surface area contributed by atoms with Crippen molar-refractivity contribution in [3.63, 3.8) is 0 Å². The van der Waals surface area contributed by atoms with Crippen LogP contribution in [0, 0.1) is 22.7 Å². The maximum Gasteiger partial charge on any atom is 0.344 e. The predicted molar refractivity (Wildman–Crippen MR) is 143 cm³/mol. The number of aryl methyl sites for hydroxylation is 2. The van der Waals surface area contributed by atoms with Gasteiger partial charge in [-0.15, -0.1) is 0 Å². The second kappa shape index (κ2) is 9.92. The number of nitrogens with zero attached hydrogens (tertiary/aromatic N) is 1. The van der Waals surface area contributed by atoms with Crippen LogP contribution in [-0.2, 0) is 31.9 Å². The van der Waals surface area contributed by atoms with Crippen LogP contribution in [0.15, 0.2) is 27.8 Å². The SMILES string of the molecule is CCc1noc(CC)c1C(=O)OCC1=CC2C(=O)C3(C=C(C)C(O)[C@@]3(O)C1O)C(C)C[C@@](C)(OC(C)=O)C2(C)C. The standard InChI is InChI=1S/C30H41NO9/c1-9-20-22(21(10-2)40-31-20)26(36)38-14-18-11-19-25(35)29(12-15(3)23(33)30(29,37)24(18)34)16(4)13-28(8,27(19,6)7)39-17(5)32/h11-12,16,19,23-24,33-34,37H,9-10,13-14H2,1-8H3/t16?,19?,23?,24?,28-,29?,30-/m1/s1. The fraction of sp³-hybridized carbons (Fsp3) is 0.667. The Morgan fingerprint density at radius 3 is 2.38 bits per heavy atom. The Labute approximate surface area is 234 Å². The molecule has 7 atom stereocenters. The first kappa shape index (κ1) is 30.1. The fourth-order valence-electron chi connectivity index (χ4n) is 7.26. The monoisotopic (exact) mass is 559 g/mol. The largest absolute Gasteiger partial charge is 0.459 e. The Balaban J connectivity index is 1.86. The van der Waals surface area contributed by atoms with E-state index in [-0.39, 0.29) is 17.6 Å². The van der Waals surface area contributed by atoms with E-state index in [0.29, 0.717) is 29.9 Å². The van der Waals surface area contributed by atoms with Crippen LogP contribution in [0.5, 0.6) is 0 Å². The number of ketones is 1. The number of hydrogen-bond donors (Lipinski definition) is 3. The maximum atomic E-state index is 14.6. The number of allylic oxidation sites excluding steroid dienone is 1. The summed E-state index contributed by atoms with van der Waals surface area (Å²) in [6, 6.07) is 0. The highest BCUT2D eigenvalue weighted by atomic mass is 16.6. The van der Waals surface area contributed by atoms with Crippen molar-refractivity contribution < 1.29 is 43.7 Å². The zero-order valence-electron chi connectivity index (χ0n) is 24.5. The molecule has 0 saturated heterocycles. The molecule has 5 unspecified atom stereocenters. The average Bonchev–Trinajstić information content (AvgIpc) is 3.36. The van der Waals surface area contributed by atoms with E-state index >= 15 is 0 Å². The quantitative estimate of drug-likeness (QED) is 0.350. The molecule has 1 saturated carbocycles. The Bertz CT molecular complexity index is 1270. The molecule has 4 rings (SSSR count). The van der Waals surface area contributed by atoms with Crippen LogP contribution < -0.4 is 0 Å². The summed E-state index contributed by atoms with van der Waals surface area (Å²) in [5, 5.41) is 39.3. The first-order valence-corrected chi connectivity index (χ1v) is 13.9. The number of esters is 2. The molecule has 3 N–H and O–H groups in total. The minimum absolute atomic E-state index is 0.0677. The lowest BCUT2D eigenvalue weighted by atomic mass is 9.59. The Morgan fingerprint density at radius 1 is 1.15 bits per heavy atom. The van der Waals surface area contributed by atoms with Gasteiger partial charge >= 0.3 is 11.9 Å². The Kier molecular flexibility index (Phi) is 7.48. The number of rotatable bonds is 6. The lowest BCUT2D eigenvalue weighted by Gasteiger charge is -2.48. The molecule has 10 nitrogen and oxygen atoms in total. The molecule has 3 aliphatic carbocycles. The van der Waals surface area contributed by atoms with Crippen LogP contribution in [-0.4, -0.2) is 68.2 Å². The van der Waals surface area contributed by atoms with E-state index in [0.717, 1.165) is 0 Å². The summed E-state index contributed by atoms with van der Waals surface area (Å²) in [6.45, 7) is 13.2. The van der Waals surface area contributed by atoms with E-state index in [4.69, 9.17) is 14.0 Å². The number of Topliss-reactive ketones (excluding diaryl/α,β-unsaturated/α-hetero) is 1. The molecular formula is C30H41NO9. The number of aromatic nitrogens is 1. The molecule has 0 radical (unpaired) electrons. The van der Waals surface area contributed by atoms with Gasteiger partial charge in [0.15, 0.2) is 11.5 Å². The van der Waals surface area contributed by atoms with E-state index in [1.807, 2.05) is 13.8 Å². The van der Waals surface area contributed by atoms with Gasteiger partial charge in [-0.2, -0.15) is 0 Å². The van der Waals surface area contributed by atoms with Crippen LogP contribution in [0.4, 0.5) is 0 Å². The molecule has 2 bridgehead atoms. The van der Waals surface area contributed by atoms with Gasteiger partial charge in [0.25, 0.3) is 0 Å². The van der Waals surface area contributed by atoms with Gasteiger partial charge in [0, 0.05) is 24.7 Å². The highest BCUT2D eigenvalue weighted by Crippen LogP contribution is 2.63. The third-order valence-electron chi connectivity index (χ3n) is 9.85. The minimum atomic E-state index is -2.35. The van der Waals surface area contributed by atoms with Crippen LogP contribution in [0.3, 0.4) is 0 Å². The molecular weight excluding hydrogens is 518 g/mol. The number of carbonyl (C=O) groups excluding carboxylic acids is 3. The molecule has 0 aliphatic heterocycles. The smallest absolute Gasteiger partial charge is 0.344 e. The molecule has 3 aliphatic rings. The van der Waals surface area contributed by atoms with Crippen LogP contribution in [0.2, 0.25) is 0 Å². The Morgan fingerprint density at radius 2 is 1.80 bits per heavy atom. The summed E-state index contributed by atoms with van der Waals surface area (Å²) in [5.41, 5.74) is -5.14. The van der Waals surface area contributed by atoms with E-state index in [2.05, 4.69) is 5.16 Å². The third-order valence-corrected chi connectivity index (χ3v) is 9.85. The lowest BCUT2D eigenvalue weighted by Crippen LogP contribution is -2.65. The zero-order chi connectivity index (χ0) is 30.0. The van der Waals surface area contributed by atoms with E-state index in [1.54, 1.807) is 40.7 Å². The molecule has 10 heteroatoms. The van der Waals surface area contributed by atoms with E-state index < -0.39 is 70.4 Å². The number of carbonyl (C=O) groups is 3. The van der Waals surface area contributed by atoms with Crippen molar-refractivity contribution in [3.8, 4) is 0 Å². The molecule has 1 heterocycles. The molecule has 220 valence electrons. The first-order chi connectivity index (χ1) is 18.5. The minimum Gasteiger partial charge on any atom is -0.459 e. The molecule has 1 spiro atoms. The molecule has 0 amide bonds. The van der Waals surface area contributed by atoms with Crippen molar-refractivity contribution in [1.82, 2.24) is 5.16 Å². The summed E-state index contributed by atoms with van der Waals surface area (Å²) in [6.07, 6.45) is 0.826. The van der Waals surface area contributed by atoms with Gasteiger partial charge in [0.2, 0.25) is 0 Å². The normalized spacial score (nSPS) is 36.6. The summed E-state index contributed by atoms with van der Waals surface area (Å²) in [4.78, 5) is 40.0. The average molecular weight is 560 g/mol. The number of aliphatic hydroxyl groups is 3. The summed E-state index contributed by atoms with van der Waals surface area (Å²) in [7, 11) is 0. The van der Waals surface area contributed by atoms with E-state index in [9.17, 15) is 29.7 Å². The van der Waals surface area contributed by atoms with Crippen molar-refractivity contribution >= 4 is 17.7 Å². The van der Waals surface area contributed by atoms with Crippen molar-refractivity contribution in [1.29, 1.82) is 0 Å². The number of aliphatic hydroxyl groups excluding tert-OH is 2. The van der Waals surface area contributed by atoms with Crippen molar-refractivity contribution in [2.24, 2.45) is 22.7 Å². The Hall–Kier alpha value is -2.82. The van der Waals surface area contributed by atoms with Gasteiger partial charge in [-0.1, -0.05) is 51.9 Å². The molecule has 1 aromatic rings. The lowest BCUT2D eigenvalue weighted by molar-refractivity contribution is -0.191. The van der Waals surface area contributed by atoms with Crippen molar-refractivity contribution in [2.45, 2.75) is 98.1 Å². The summed E-state index contributed by atoms with van der Waals surface area (Å²) >= 11 is 0. The van der Waals surface area contributed by atoms with Gasteiger partial charge in [0.1, 0.15) is 35.6 Å². The second-order valence-electron chi connectivity index (χ2n) is 12.3. The van der Waals surface area contributed by atoms with Crippen LogP contribution in [0.25, 0.3) is 0 Å². The molecule has 1 fully saturated rings. The topological polar surface area (TPSA) is 156 Å². The molecule has 1 aromatic heterocycles.